The quantitative estimate of drug-likeness (QED) is 0.515. The van der Waals surface area contributed by atoms with Crippen LogP contribution in [-0.2, 0) is 4.74 Å². The first-order valence-electron chi connectivity index (χ1n) is 12.6. The largest absolute Gasteiger partial charge is 0.447 e. The van der Waals surface area contributed by atoms with Crippen molar-refractivity contribution in [1.82, 2.24) is 5.32 Å². The molecule has 1 unspecified atom stereocenters. The molecule has 1 N–H and O–H groups in total. The first-order chi connectivity index (χ1) is 13.6. The lowest BCUT2D eigenvalue weighted by Crippen LogP contribution is -2.38. The molecule has 0 aromatic carbocycles. The molecule has 0 aromatic heterocycles. The minimum atomic E-state index is -0.178. The highest BCUT2D eigenvalue weighted by Crippen LogP contribution is 2.41. The fraction of sp³-hybridized carbons (Fsp3) is 0.960. The Morgan fingerprint density at radius 2 is 1.32 bits per heavy atom. The van der Waals surface area contributed by atoms with Gasteiger partial charge in [0.25, 0.3) is 0 Å². The van der Waals surface area contributed by atoms with Gasteiger partial charge in [0.05, 0.1) is 0 Å². The lowest BCUT2D eigenvalue weighted by atomic mass is 9.71. The van der Waals surface area contributed by atoms with Crippen LogP contribution in [0.25, 0.3) is 0 Å². The van der Waals surface area contributed by atoms with Crippen molar-refractivity contribution in [3.05, 3.63) is 0 Å². The van der Waals surface area contributed by atoms with E-state index in [1.54, 1.807) is 0 Å². The number of ether oxygens (including phenoxy) is 1. The van der Waals surface area contributed by atoms with Crippen LogP contribution in [0.1, 0.15) is 136 Å². The van der Waals surface area contributed by atoms with Gasteiger partial charge in [-0.05, 0) is 44.4 Å². The zero-order valence-electron chi connectivity index (χ0n) is 18.9. The molecule has 2 aliphatic rings. The van der Waals surface area contributed by atoms with Crippen LogP contribution in [-0.4, -0.2) is 18.2 Å². The van der Waals surface area contributed by atoms with Gasteiger partial charge in [0.2, 0.25) is 0 Å². The smallest absolute Gasteiger partial charge is 0.407 e. The van der Waals surface area contributed by atoms with Crippen molar-refractivity contribution in [2.24, 2.45) is 5.41 Å². The summed E-state index contributed by atoms with van der Waals surface area (Å²) in [6.07, 6.45) is 24.4. The van der Waals surface area contributed by atoms with Crippen LogP contribution < -0.4 is 5.32 Å². The Bertz CT molecular complexity index is 403. The monoisotopic (exact) mass is 393 g/mol. The van der Waals surface area contributed by atoms with Crippen LogP contribution in [0, 0.1) is 5.41 Å². The van der Waals surface area contributed by atoms with Crippen molar-refractivity contribution in [3.63, 3.8) is 0 Å². The standard InChI is InChI=1S/C25H47NO2/c1-3-25(19-15-11-7-4-8-12-16-20-25)21-22(2)28-24(27)26-23-17-13-9-5-6-10-14-18-23/h22-23H,3-21H2,1-2H3,(H,26,27). The first kappa shape index (κ1) is 23.5. The number of amides is 1. The normalized spacial score (nSPS) is 24.2. The molecule has 2 rings (SSSR count). The average molecular weight is 394 g/mol. The molecule has 0 aromatic rings. The molecule has 2 fully saturated rings. The minimum Gasteiger partial charge on any atom is -0.447 e. The van der Waals surface area contributed by atoms with Gasteiger partial charge in [-0.1, -0.05) is 96.8 Å². The maximum Gasteiger partial charge on any atom is 0.407 e. The van der Waals surface area contributed by atoms with Gasteiger partial charge in [0.15, 0.2) is 0 Å². The first-order valence-corrected chi connectivity index (χ1v) is 12.6. The zero-order valence-corrected chi connectivity index (χ0v) is 18.9. The number of carbonyl (C=O) groups is 1. The molecule has 2 aliphatic carbocycles. The number of carbonyl (C=O) groups excluding carboxylic acids is 1. The summed E-state index contributed by atoms with van der Waals surface area (Å²) in [4.78, 5) is 12.5. The molecular formula is C25H47NO2. The van der Waals surface area contributed by atoms with Crippen LogP contribution in [0.2, 0.25) is 0 Å². The Hall–Kier alpha value is -0.730. The number of nitrogens with one attached hydrogen (secondary N) is 1. The van der Waals surface area contributed by atoms with Gasteiger partial charge in [0, 0.05) is 6.04 Å². The summed E-state index contributed by atoms with van der Waals surface area (Å²) >= 11 is 0. The predicted octanol–water partition coefficient (Wildman–Crippen LogP) is 7.92. The number of rotatable bonds is 5. The van der Waals surface area contributed by atoms with E-state index in [1.165, 1.54) is 103 Å². The molecule has 1 atom stereocenters. The highest BCUT2D eigenvalue weighted by atomic mass is 16.6. The number of alkyl carbamates (subject to hydrolysis) is 1. The van der Waals surface area contributed by atoms with Gasteiger partial charge >= 0.3 is 6.09 Å². The molecular weight excluding hydrogens is 346 g/mol. The molecule has 1 amide bonds. The van der Waals surface area contributed by atoms with E-state index in [0.29, 0.717) is 11.5 Å². The predicted molar refractivity (Wildman–Crippen MR) is 119 cm³/mol. The average Bonchev–Trinajstić information content (AvgIpc) is 2.80. The van der Waals surface area contributed by atoms with Gasteiger partial charge in [-0.25, -0.2) is 4.79 Å². The molecule has 0 spiro atoms. The van der Waals surface area contributed by atoms with Crippen LogP contribution in [0.3, 0.4) is 0 Å². The maximum absolute atomic E-state index is 12.5. The molecule has 0 saturated heterocycles. The fourth-order valence-corrected chi connectivity index (χ4v) is 5.52. The lowest BCUT2D eigenvalue weighted by molar-refractivity contribution is 0.0554. The van der Waals surface area contributed by atoms with Gasteiger partial charge < -0.3 is 10.1 Å². The number of hydrogen-bond donors (Lipinski definition) is 1. The van der Waals surface area contributed by atoms with E-state index in [9.17, 15) is 4.79 Å². The molecule has 28 heavy (non-hydrogen) atoms. The highest BCUT2D eigenvalue weighted by molar-refractivity contribution is 5.67. The topological polar surface area (TPSA) is 38.3 Å². The van der Waals surface area contributed by atoms with Crippen molar-refractivity contribution in [2.75, 3.05) is 0 Å². The minimum absolute atomic E-state index is 0.0132. The molecule has 0 bridgehead atoms. The van der Waals surface area contributed by atoms with E-state index >= 15 is 0 Å². The van der Waals surface area contributed by atoms with E-state index < -0.39 is 0 Å². The summed E-state index contributed by atoms with van der Waals surface area (Å²) < 4.78 is 5.86. The lowest BCUT2D eigenvalue weighted by Gasteiger charge is -2.36. The van der Waals surface area contributed by atoms with E-state index in [-0.39, 0.29) is 12.2 Å². The van der Waals surface area contributed by atoms with Crippen LogP contribution in [0.15, 0.2) is 0 Å². The van der Waals surface area contributed by atoms with Crippen molar-refractivity contribution in [2.45, 2.75) is 148 Å². The Kier molecular flexibility index (Phi) is 11.3. The van der Waals surface area contributed by atoms with Crippen molar-refractivity contribution in [1.29, 1.82) is 0 Å². The second-order valence-corrected chi connectivity index (χ2v) is 9.79. The Morgan fingerprint density at radius 3 is 1.82 bits per heavy atom. The molecule has 0 radical (unpaired) electrons. The summed E-state index contributed by atoms with van der Waals surface area (Å²) in [7, 11) is 0. The molecule has 0 heterocycles. The van der Waals surface area contributed by atoms with E-state index in [0.717, 1.165) is 19.3 Å². The summed E-state index contributed by atoms with van der Waals surface area (Å²) in [5, 5.41) is 3.19. The second kappa shape index (κ2) is 13.5. The van der Waals surface area contributed by atoms with Gasteiger partial charge in [0.1, 0.15) is 6.10 Å². The zero-order chi connectivity index (χ0) is 20.1. The van der Waals surface area contributed by atoms with E-state index in [4.69, 9.17) is 4.74 Å². The van der Waals surface area contributed by atoms with E-state index in [1.807, 2.05) is 0 Å². The summed E-state index contributed by atoms with van der Waals surface area (Å²) in [6, 6.07) is 0.312. The Morgan fingerprint density at radius 1 is 0.857 bits per heavy atom. The Balaban J connectivity index is 1.81. The Labute approximate surface area is 174 Å². The van der Waals surface area contributed by atoms with Crippen molar-refractivity contribution >= 4 is 6.09 Å². The molecule has 2 saturated carbocycles. The van der Waals surface area contributed by atoms with Gasteiger partial charge in [-0.3, -0.25) is 0 Å². The third-order valence-corrected chi connectivity index (χ3v) is 7.37. The van der Waals surface area contributed by atoms with Gasteiger partial charge in [-0.2, -0.15) is 0 Å². The molecule has 3 nitrogen and oxygen atoms in total. The summed E-state index contributed by atoms with van der Waals surface area (Å²) in [6.45, 7) is 4.45. The summed E-state index contributed by atoms with van der Waals surface area (Å²) in [5.74, 6) is 0. The SMILES string of the molecule is CCC1(CC(C)OC(=O)NC2CCCCCCCC2)CCCCCCCCC1. The maximum atomic E-state index is 12.5. The van der Waals surface area contributed by atoms with Crippen molar-refractivity contribution < 1.29 is 9.53 Å². The molecule has 3 heteroatoms. The summed E-state index contributed by atoms with van der Waals surface area (Å²) in [5.41, 5.74) is 0.370. The second-order valence-electron chi connectivity index (χ2n) is 9.79. The third kappa shape index (κ3) is 9.18. The van der Waals surface area contributed by atoms with Crippen molar-refractivity contribution in [3.8, 4) is 0 Å². The van der Waals surface area contributed by atoms with E-state index in [2.05, 4.69) is 19.2 Å². The molecule has 0 aliphatic heterocycles. The van der Waals surface area contributed by atoms with Crippen LogP contribution in [0.4, 0.5) is 4.79 Å². The van der Waals surface area contributed by atoms with Crippen LogP contribution >= 0.6 is 0 Å². The number of hydrogen-bond acceptors (Lipinski definition) is 2. The highest BCUT2D eigenvalue weighted by Gasteiger charge is 2.31. The van der Waals surface area contributed by atoms with Crippen LogP contribution in [0.5, 0.6) is 0 Å². The fourth-order valence-electron chi connectivity index (χ4n) is 5.52. The molecule has 164 valence electrons. The van der Waals surface area contributed by atoms with Gasteiger partial charge in [-0.15, -0.1) is 0 Å². The third-order valence-electron chi connectivity index (χ3n) is 7.37.